The number of fused-ring (bicyclic) bond motifs is 1. The molecule has 1 aromatic heterocycles. The molecule has 2 heterocycles. The average molecular weight is 217 g/mol. The van der Waals surface area contributed by atoms with E-state index in [4.69, 9.17) is 0 Å². The van der Waals surface area contributed by atoms with Crippen molar-refractivity contribution in [3.05, 3.63) is 47.3 Å². The molecule has 0 saturated carbocycles. The van der Waals surface area contributed by atoms with Gasteiger partial charge in [0.2, 0.25) is 0 Å². The van der Waals surface area contributed by atoms with E-state index in [1.807, 2.05) is 23.7 Å². The van der Waals surface area contributed by atoms with E-state index in [1.165, 1.54) is 6.07 Å². The summed E-state index contributed by atoms with van der Waals surface area (Å²) in [7, 11) is 0. The Morgan fingerprint density at radius 3 is 3.00 bits per heavy atom. The summed E-state index contributed by atoms with van der Waals surface area (Å²) in [6, 6.07) is 6.91. The van der Waals surface area contributed by atoms with Crippen molar-refractivity contribution in [2.75, 3.05) is 0 Å². The maximum absolute atomic E-state index is 13.7. The molecule has 0 aliphatic carbocycles. The second-order valence-corrected chi connectivity index (χ2v) is 4.10. The van der Waals surface area contributed by atoms with Crippen LogP contribution >= 0.6 is 0 Å². The summed E-state index contributed by atoms with van der Waals surface area (Å²) in [5, 5.41) is 4.33. The van der Waals surface area contributed by atoms with Crippen LogP contribution in [0.3, 0.4) is 0 Å². The number of aromatic nitrogens is 3. The predicted octanol–water partition coefficient (Wildman–Crippen LogP) is 2.26. The van der Waals surface area contributed by atoms with Crippen LogP contribution in [0, 0.1) is 12.7 Å². The zero-order valence-electron chi connectivity index (χ0n) is 9.02. The van der Waals surface area contributed by atoms with E-state index in [0.29, 0.717) is 5.56 Å². The third-order valence-corrected chi connectivity index (χ3v) is 3.01. The summed E-state index contributed by atoms with van der Waals surface area (Å²) in [4.78, 5) is 4.33. The first-order valence-electron chi connectivity index (χ1n) is 5.42. The SMILES string of the molecule is Cc1nc2n(n1)[C@@H](c1ccccc1F)CC2. The minimum atomic E-state index is -0.159. The van der Waals surface area contributed by atoms with Crippen LogP contribution < -0.4 is 0 Å². The van der Waals surface area contributed by atoms with Gasteiger partial charge in [-0.05, 0) is 19.4 Å². The highest BCUT2D eigenvalue weighted by Gasteiger charge is 2.27. The van der Waals surface area contributed by atoms with Crippen molar-refractivity contribution in [3.8, 4) is 0 Å². The normalized spacial score (nSPS) is 18.8. The number of halogens is 1. The van der Waals surface area contributed by atoms with E-state index < -0.39 is 0 Å². The molecule has 0 N–H and O–H groups in total. The molecule has 0 amide bonds. The summed E-state index contributed by atoms with van der Waals surface area (Å²) < 4.78 is 15.5. The molecular weight excluding hydrogens is 205 g/mol. The van der Waals surface area contributed by atoms with Crippen LogP contribution in [0.25, 0.3) is 0 Å². The lowest BCUT2D eigenvalue weighted by Gasteiger charge is -2.12. The Labute approximate surface area is 92.9 Å². The molecule has 0 spiro atoms. The average Bonchev–Trinajstić information content (AvgIpc) is 2.78. The van der Waals surface area contributed by atoms with Gasteiger partial charge < -0.3 is 0 Å². The largest absolute Gasteiger partial charge is 0.242 e. The molecule has 82 valence electrons. The molecule has 1 aliphatic rings. The Bertz CT molecular complexity index is 533. The van der Waals surface area contributed by atoms with E-state index in [2.05, 4.69) is 10.1 Å². The van der Waals surface area contributed by atoms with Gasteiger partial charge in [-0.25, -0.2) is 14.1 Å². The molecule has 0 fully saturated rings. The maximum atomic E-state index is 13.7. The van der Waals surface area contributed by atoms with E-state index in [-0.39, 0.29) is 11.9 Å². The van der Waals surface area contributed by atoms with Crippen LogP contribution in [0.5, 0.6) is 0 Å². The van der Waals surface area contributed by atoms with Gasteiger partial charge in [0.15, 0.2) is 0 Å². The predicted molar refractivity (Wildman–Crippen MR) is 57.6 cm³/mol. The maximum Gasteiger partial charge on any atom is 0.147 e. The highest BCUT2D eigenvalue weighted by atomic mass is 19.1. The van der Waals surface area contributed by atoms with Crippen molar-refractivity contribution in [1.82, 2.24) is 14.8 Å². The molecule has 16 heavy (non-hydrogen) atoms. The Kier molecular flexibility index (Phi) is 2.02. The first-order chi connectivity index (χ1) is 7.75. The fourth-order valence-electron chi connectivity index (χ4n) is 2.31. The Hall–Kier alpha value is -1.71. The summed E-state index contributed by atoms with van der Waals surface area (Å²) in [6.45, 7) is 1.86. The molecular formula is C12H12FN3. The summed E-state index contributed by atoms with van der Waals surface area (Å²) in [5.41, 5.74) is 0.714. The lowest BCUT2D eigenvalue weighted by atomic mass is 10.0. The zero-order valence-corrected chi connectivity index (χ0v) is 9.02. The van der Waals surface area contributed by atoms with Crippen LogP contribution in [0.4, 0.5) is 4.39 Å². The summed E-state index contributed by atoms with van der Waals surface area (Å²) in [6.07, 6.45) is 1.76. The third kappa shape index (κ3) is 1.33. The van der Waals surface area contributed by atoms with E-state index in [0.717, 1.165) is 24.5 Å². The molecule has 0 bridgehead atoms. The second kappa shape index (κ2) is 3.40. The first kappa shape index (κ1) is 9.51. The van der Waals surface area contributed by atoms with Crippen LogP contribution in [-0.2, 0) is 6.42 Å². The molecule has 3 rings (SSSR count). The summed E-state index contributed by atoms with van der Waals surface area (Å²) in [5.74, 6) is 1.57. The highest BCUT2D eigenvalue weighted by Crippen LogP contribution is 2.31. The van der Waals surface area contributed by atoms with Gasteiger partial charge in [0, 0.05) is 12.0 Å². The number of nitrogens with zero attached hydrogens (tertiary/aromatic N) is 3. The lowest BCUT2D eigenvalue weighted by Crippen LogP contribution is -2.09. The first-order valence-corrected chi connectivity index (χ1v) is 5.42. The topological polar surface area (TPSA) is 30.7 Å². The number of benzene rings is 1. The van der Waals surface area contributed by atoms with Gasteiger partial charge in [0.25, 0.3) is 0 Å². The molecule has 4 heteroatoms. The van der Waals surface area contributed by atoms with Crippen LogP contribution in [0.2, 0.25) is 0 Å². The second-order valence-electron chi connectivity index (χ2n) is 4.10. The van der Waals surface area contributed by atoms with Gasteiger partial charge in [-0.15, -0.1) is 0 Å². The number of rotatable bonds is 1. The van der Waals surface area contributed by atoms with E-state index >= 15 is 0 Å². The lowest BCUT2D eigenvalue weighted by molar-refractivity contribution is 0.511. The molecule has 0 radical (unpaired) electrons. The number of hydrogen-bond acceptors (Lipinski definition) is 2. The Balaban J connectivity index is 2.07. The van der Waals surface area contributed by atoms with Gasteiger partial charge in [0.05, 0.1) is 6.04 Å². The van der Waals surface area contributed by atoms with Gasteiger partial charge >= 0.3 is 0 Å². The van der Waals surface area contributed by atoms with Crippen molar-refractivity contribution >= 4 is 0 Å². The Morgan fingerprint density at radius 2 is 2.19 bits per heavy atom. The molecule has 3 nitrogen and oxygen atoms in total. The quantitative estimate of drug-likeness (QED) is 0.733. The van der Waals surface area contributed by atoms with E-state index in [1.54, 1.807) is 6.07 Å². The van der Waals surface area contributed by atoms with Crippen LogP contribution in [0.1, 0.15) is 29.7 Å². The van der Waals surface area contributed by atoms with Crippen molar-refractivity contribution in [1.29, 1.82) is 0 Å². The van der Waals surface area contributed by atoms with Crippen LogP contribution in [0.15, 0.2) is 24.3 Å². The van der Waals surface area contributed by atoms with Gasteiger partial charge in [-0.2, -0.15) is 5.10 Å². The van der Waals surface area contributed by atoms with E-state index in [9.17, 15) is 4.39 Å². The fourth-order valence-corrected chi connectivity index (χ4v) is 2.31. The molecule has 1 atom stereocenters. The minimum Gasteiger partial charge on any atom is -0.242 e. The third-order valence-electron chi connectivity index (χ3n) is 3.01. The zero-order chi connectivity index (χ0) is 11.1. The molecule has 0 unspecified atom stereocenters. The molecule has 1 aliphatic heterocycles. The highest BCUT2D eigenvalue weighted by molar-refractivity contribution is 5.24. The number of hydrogen-bond donors (Lipinski definition) is 0. The van der Waals surface area contributed by atoms with Crippen molar-refractivity contribution in [2.24, 2.45) is 0 Å². The van der Waals surface area contributed by atoms with Gasteiger partial charge in [-0.1, -0.05) is 18.2 Å². The van der Waals surface area contributed by atoms with Crippen molar-refractivity contribution in [3.63, 3.8) is 0 Å². The minimum absolute atomic E-state index is 0.0115. The van der Waals surface area contributed by atoms with Crippen LogP contribution in [-0.4, -0.2) is 14.8 Å². The molecule has 0 saturated heterocycles. The van der Waals surface area contributed by atoms with Gasteiger partial charge in [-0.3, -0.25) is 0 Å². The number of aryl methyl sites for hydroxylation is 2. The smallest absolute Gasteiger partial charge is 0.147 e. The fraction of sp³-hybridized carbons (Fsp3) is 0.333. The Morgan fingerprint density at radius 1 is 1.38 bits per heavy atom. The monoisotopic (exact) mass is 217 g/mol. The molecule has 2 aromatic rings. The van der Waals surface area contributed by atoms with Crippen molar-refractivity contribution < 1.29 is 4.39 Å². The summed E-state index contributed by atoms with van der Waals surface area (Å²) >= 11 is 0. The van der Waals surface area contributed by atoms with Crippen molar-refractivity contribution in [2.45, 2.75) is 25.8 Å². The molecule has 1 aromatic carbocycles. The standard InChI is InChI=1S/C12H12FN3/c1-8-14-12-7-6-11(16(12)15-8)9-4-2-3-5-10(9)13/h2-5,11H,6-7H2,1H3/t11-/m1/s1. The van der Waals surface area contributed by atoms with Gasteiger partial charge in [0.1, 0.15) is 17.5 Å².